The minimum absolute atomic E-state index is 0.221. The van der Waals surface area contributed by atoms with Gasteiger partial charge in [0.15, 0.2) is 0 Å². The van der Waals surface area contributed by atoms with E-state index in [4.69, 9.17) is 5.73 Å². The molecule has 1 heterocycles. The second-order valence-corrected chi connectivity index (χ2v) is 5.34. The van der Waals surface area contributed by atoms with E-state index in [1.54, 1.807) is 0 Å². The Morgan fingerprint density at radius 1 is 1.38 bits per heavy atom. The first-order chi connectivity index (χ1) is 10.2. The van der Waals surface area contributed by atoms with Crippen LogP contribution in [0.3, 0.4) is 0 Å². The van der Waals surface area contributed by atoms with E-state index < -0.39 is 0 Å². The Balaban J connectivity index is 1.86. The third-order valence-electron chi connectivity index (χ3n) is 4.02. The Kier molecular flexibility index (Phi) is 5.75. The second kappa shape index (κ2) is 7.78. The van der Waals surface area contributed by atoms with Crippen LogP contribution in [-0.2, 0) is 6.54 Å². The predicted octanol–water partition coefficient (Wildman–Crippen LogP) is 2.08. The number of benzene rings is 1. The fraction of sp³-hybridized carbons (Fsp3) is 0.500. The highest BCUT2D eigenvalue weighted by Crippen LogP contribution is 2.19. The molecule has 0 bridgehead atoms. The Labute approximate surface area is 126 Å². The van der Waals surface area contributed by atoms with Gasteiger partial charge < -0.3 is 10.6 Å². The third kappa shape index (κ3) is 4.29. The largest absolute Gasteiger partial charge is 0.390 e. The molecule has 0 atom stereocenters. The Morgan fingerprint density at radius 3 is 2.62 bits per heavy atom. The van der Waals surface area contributed by atoms with E-state index in [1.165, 1.54) is 5.56 Å². The molecule has 0 aromatic heterocycles. The molecule has 2 N–H and O–H groups in total. The molecule has 0 aliphatic carbocycles. The number of piperidine rings is 1. The van der Waals surface area contributed by atoms with Crippen molar-refractivity contribution in [2.24, 2.45) is 10.7 Å². The number of rotatable bonds is 4. The molecule has 0 spiro atoms. The molecule has 5 nitrogen and oxygen atoms in total. The lowest BCUT2D eigenvalue weighted by Gasteiger charge is -2.37. The number of carbonyl (C=O) groups excluding carboxylic acids is 1. The first-order valence-electron chi connectivity index (χ1n) is 7.55. The summed E-state index contributed by atoms with van der Waals surface area (Å²) in [6.07, 6.45) is 3.06. The molecule has 1 fully saturated rings. The molecule has 1 saturated heterocycles. The quantitative estimate of drug-likeness (QED) is 0.681. The lowest BCUT2D eigenvalue weighted by Crippen LogP contribution is -2.46. The lowest BCUT2D eigenvalue weighted by molar-refractivity contribution is 0.125. The van der Waals surface area contributed by atoms with Crippen molar-refractivity contribution in [2.45, 2.75) is 32.4 Å². The Bertz CT molecular complexity index is 466. The molecule has 1 aliphatic heterocycles. The molecule has 21 heavy (non-hydrogen) atoms. The number of urea groups is 1. The summed E-state index contributed by atoms with van der Waals surface area (Å²) in [5.41, 5.74) is 6.55. The molecule has 1 aromatic rings. The molecule has 1 aromatic carbocycles. The highest BCUT2D eigenvalue weighted by atomic mass is 16.2. The topological polar surface area (TPSA) is 61.9 Å². The van der Waals surface area contributed by atoms with Crippen LogP contribution in [0.25, 0.3) is 0 Å². The minimum Gasteiger partial charge on any atom is -0.390 e. The maximum atomic E-state index is 11.9. The number of nitrogens with two attached hydrogens (primary N) is 1. The fourth-order valence-electron chi connectivity index (χ4n) is 2.92. The summed E-state index contributed by atoms with van der Waals surface area (Å²) in [5, 5.41) is 0. The highest BCUT2D eigenvalue weighted by Gasteiger charge is 2.26. The van der Waals surface area contributed by atoms with E-state index in [9.17, 15) is 4.79 Å². The van der Waals surface area contributed by atoms with Crippen LogP contribution in [-0.4, -0.2) is 47.8 Å². The van der Waals surface area contributed by atoms with E-state index >= 15 is 0 Å². The van der Waals surface area contributed by atoms with Gasteiger partial charge in [0.25, 0.3) is 0 Å². The smallest absolute Gasteiger partial charge is 0.345 e. The number of likely N-dealkylation sites (tertiary alicyclic amines) is 1. The Hall–Kier alpha value is -1.88. The van der Waals surface area contributed by atoms with Crippen LogP contribution in [0.2, 0.25) is 0 Å². The standard InChI is InChI=1S/C16H24N4O/c1-2-20(16(21)18-13-17)15-8-10-19(11-9-15)12-14-6-4-3-5-7-14/h3-7,13,15H,2,8-12H2,1H3,(H2,17,18,21). The van der Waals surface area contributed by atoms with Gasteiger partial charge in [-0.15, -0.1) is 0 Å². The van der Waals surface area contributed by atoms with E-state index in [0.717, 1.165) is 38.8 Å². The van der Waals surface area contributed by atoms with Crippen LogP contribution in [0, 0.1) is 0 Å². The minimum atomic E-state index is -0.221. The molecule has 0 radical (unpaired) electrons. The summed E-state index contributed by atoms with van der Waals surface area (Å²) < 4.78 is 0. The summed E-state index contributed by atoms with van der Waals surface area (Å²) >= 11 is 0. The van der Waals surface area contributed by atoms with Gasteiger partial charge in [0.1, 0.15) is 0 Å². The number of aliphatic imine (C=N–C) groups is 1. The van der Waals surface area contributed by atoms with Crippen molar-refractivity contribution in [3.8, 4) is 0 Å². The van der Waals surface area contributed by atoms with E-state index in [-0.39, 0.29) is 12.1 Å². The maximum Gasteiger partial charge on any atom is 0.345 e. The van der Waals surface area contributed by atoms with Gasteiger partial charge >= 0.3 is 6.03 Å². The highest BCUT2D eigenvalue weighted by molar-refractivity contribution is 5.82. The zero-order chi connectivity index (χ0) is 15.1. The third-order valence-corrected chi connectivity index (χ3v) is 4.02. The van der Waals surface area contributed by atoms with Gasteiger partial charge in [0.2, 0.25) is 0 Å². The normalized spacial score (nSPS) is 17.2. The van der Waals surface area contributed by atoms with E-state index in [1.807, 2.05) is 17.9 Å². The lowest BCUT2D eigenvalue weighted by atomic mass is 10.0. The number of nitrogens with zero attached hydrogens (tertiary/aromatic N) is 3. The maximum absolute atomic E-state index is 11.9. The predicted molar refractivity (Wildman–Crippen MR) is 85.2 cm³/mol. The van der Waals surface area contributed by atoms with Gasteiger partial charge in [-0.25, -0.2) is 4.79 Å². The molecule has 1 aliphatic rings. The van der Waals surface area contributed by atoms with Crippen LogP contribution in [0.4, 0.5) is 4.79 Å². The van der Waals surface area contributed by atoms with Crippen LogP contribution in [0.5, 0.6) is 0 Å². The molecule has 0 unspecified atom stereocenters. The van der Waals surface area contributed by atoms with Crippen molar-refractivity contribution in [1.29, 1.82) is 0 Å². The number of carbonyl (C=O) groups is 1. The summed E-state index contributed by atoms with van der Waals surface area (Å²) in [6.45, 7) is 5.67. The van der Waals surface area contributed by atoms with E-state index in [0.29, 0.717) is 6.54 Å². The van der Waals surface area contributed by atoms with Crippen molar-refractivity contribution < 1.29 is 4.79 Å². The van der Waals surface area contributed by atoms with Gasteiger partial charge in [-0.1, -0.05) is 30.3 Å². The molecular formula is C16H24N4O. The van der Waals surface area contributed by atoms with Crippen LogP contribution in [0.1, 0.15) is 25.3 Å². The summed E-state index contributed by atoms with van der Waals surface area (Å²) in [5.74, 6) is 0. The van der Waals surface area contributed by atoms with Crippen LogP contribution in [0.15, 0.2) is 35.3 Å². The summed E-state index contributed by atoms with van der Waals surface area (Å²) in [4.78, 5) is 19.8. The average molecular weight is 288 g/mol. The van der Waals surface area contributed by atoms with Crippen molar-refractivity contribution in [3.05, 3.63) is 35.9 Å². The van der Waals surface area contributed by atoms with Crippen molar-refractivity contribution in [1.82, 2.24) is 9.80 Å². The van der Waals surface area contributed by atoms with Gasteiger partial charge in [0.05, 0.1) is 6.34 Å². The van der Waals surface area contributed by atoms with E-state index in [2.05, 4.69) is 34.2 Å². The summed E-state index contributed by atoms with van der Waals surface area (Å²) in [7, 11) is 0. The van der Waals surface area contributed by atoms with Gasteiger partial charge in [0, 0.05) is 32.2 Å². The van der Waals surface area contributed by atoms with Gasteiger partial charge in [-0.3, -0.25) is 4.90 Å². The molecule has 0 saturated carbocycles. The van der Waals surface area contributed by atoms with Crippen molar-refractivity contribution >= 4 is 12.4 Å². The second-order valence-electron chi connectivity index (χ2n) is 5.34. The van der Waals surface area contributed by atoms with Crippen LogP contribution >= 0.6 is 0 Å². The zero-order valence-electron chi connectivity index (χ0n) is 12.6. The number of hydrogen-bond donors (Lipinski definition) is 1. The Morgan fingerprint density at radius 2 is 2.05 bits per heavy atom. The first-order valence-corrected chi connectivity index (χ1v) is 7.55. The number of hydrogen-bond acceptors (Lipinski definition) is 2. The van der Waals surface area contributed by atoms with Crippen molar-refractivity contribution in [3.63, 3.8) is 0 Å². The fourth-order valence-corrected chi connectivity index (χ4v) is 2.92. The molecule has 2 amide bonds. The molecule has 5 heteroatoms. The summed E-state index contributed by atoms with van der Waals surface area (Å²) in [6, 6.07) is 10.6. The van der Waals surface area contributed by atoms with Gasteiger partial charge in [-0.2, -0.15) is 4.99 Å². The molecule has 114 valence electrons. The van der Waals surface area contributed by atoms with Crippen molar-refractivity contribution in [2.75, 3.05) is 19.6 Å². The SMILES string of the molecule is CCN(C(=O)/N=C/N)C1CCN(Cc2ccccc2)CC1. The van der Waals surface area contributed by atoms with Crippen LogP contribution < -0.4 is 5.73 Å². The number of amides is 2. The zero-order valence-corrected chi connectivity index (χ0v) is 12.6. The van der Waals surface area contributed by atoms with Gasteiger partial charge in [-0.05, 0) is 25.3 Å². The molecule has 2 rings (SSSR count). The molecular weight excluding hydrogens is 264 g/mol. The monoisotopic (exact) mass is 288 g/mol. The average Bonchev–Trinajstić information content (AvgIpc) is 2.51. The first kappa shape index (κ1) is 15.5.